The third-order valence-electron chi connectivity index (χ3n) is 5.15. The molecule has 1 atom stereocenters. The molecule has 0 aromatic carbocycles. The highest BCUT2D eigenvalue weighted by atomic mass is 16.2. The summed E-state index contributed by atoms with van der Waals surface area (Å²) in [4.78, 5) is 21.4. The third kappa shape index (κ3) is 3.24. The third-order valence-corrected chi connectivity index (χ3v) is 5.15. The van der Waals surface area contributed by atoms with Crippen LogP contribution >= 0.6 is 0 Å². The van der Waals surface area contributed by atoms with Gasteiger partial charge in [0.15, 0.2) is 0 Å². The van der Waals surface area contributed by atoms with Gasteiger partial charge in [0.05, 0.1) is 17.7 Å². The molecule has 1 fully saturated rings. The molecule has 6 nitrogen and oxygen atoms in total. The Hall–Kier alpha value is -2.60. The second-order valence-corrected chi connectivity index (χ2v) is 7.09. The van der Waals surface area contributed by atoms with E-state index in [0.717, 1.165) is 55.4 Å². The van der Waals surface area contributed by atoms with E-state index in [1.807, 2.05) is 23.9 Å². The molecule has 4 rings (SSSR count). The molecule has 1 aromatic heterocycles. The molecule has 1 aromatic rings. The van der Waals surface area contributed by atoms with Crippen LogP contribution in [0.5, 0.6) is 0 Å². The largest absolute Gasteiger partial charge is 0.368 e. The van der Waals surface area contributed by atoms with Gasteiger partial charge in [-0.1, -0.05) is 13.0 Å². The van der Waals surface area contributed by atoms with Gasteiger partial charge in [-0.15, -0.1) is 0 Å². The molecular weight excluding hydrogens is 326 g/mol. The van der Waals surface area contributed by atoms with Crippen molar-refractivity contribution in [3.05, 3.63) is 60.1 Å². The molecule has 0 spiro atoms. The fraction of sp³-hybridized carbons (Fsp3) is 0.400. The van der Waals surface area contributed by atoms with Crippen LogP contribution in [-0.4, -0.2) is 51.4 Å². The standard InChI is InChI=1S/C20H25N5O/c1-15-3-4-17-5-6-18(23-9-7-21-8-10-23)13-25(17)20(26)11-19(15)24-12-16(2)22-14-24/h4-6,11-15,21H,3,7-10H2,1-2H3/b17-4+,19-11+. The number of hydrogen-bond acceptors (Lipinski definition) is 4. The highest BCUT2D eigenvalue weighted by Crippen LogP contribution is 2.28. The summed E-state index contributed by atoms with van der Waals surface area (Å²) in [5.41, 5.74) is 3.99. The number of hydrogen-bond donors (Lipinski definition) is 1. The van der Waals surface area contributed by atoms with Gasteiger partial charge in [0.1, 0.15) is 0 Å². The van der Waals surface area contributed by atoms with Crippen molar-refractivity contribution in [3.63, 3.8) is 0 Å². The molecule has 0 radical (unpaired) electrons. The molecule has 4 heterocycles. The number of rotatable bonds is 2. The molecular formula is C20H25N5O. The van der Waals surface area contributed by atoms with Gasteiger partial charge in [-0.3, -0.25) is 9.69 Å². The SMILES string of the molecule is Cc1cn(/C2=C/C(=O)N3C=C(N4CCNCC4)C=C/C3=C\CC2C)cn1. The Labute approximate surface area is 154 Å². The molecule has 1 N–H and O–H groups in total. The summed E-state index contributed by atoms with van der Waals surface area (Å²) in [6.07, 6.45) is 14.7. The van der Waals surface area contributed by atoms with E-state index in [4.69, 9.17) is 0 Å². The van der Waals surface area contributed by atoms with Gasteiger partial charge in [0.25, 0.3) is 5.91 Å². The first-order chi connectivity index (χ1) is 12.6. The summed E-state index contributed by atoms with van der Waals surface area (Å²) in [5.74, 6) is 0.232. The lowest BCUT2D eigenvalue weighted by molar-refractivity contribution is -0.122. The number of allylic oxidation sites excluding steroid dienone is 4. The summed E-state index contributed by atoms with van der Waals surface area (Å²) in [7, 11) is 0. The van der Waals surface area contributed by atoms with Gasteiger partial charge >= 0.3 is 0 Å². The molecule has 26 heavy (non-hydrogen) atoms. The maximum atomic E-state index is 13.0. The van der Waals surface area contributed by atoms with Crippen molar-refractivity contribution in [2.24, 2.45) is 5.92 Å². The summed E-state index contributed by atoms with van der Waals surface area (Å²) in [6, 6.07) is 0. The summed E-state index contributed by atoms with van der Waals surface area (Å²) in [6.45, 7) is 7.98. The van der Waals surface area contributed by atoms with Gasteiger partial charge in [0.2, 0.25) is 0 Å². The minimum Gasteiger partial charge on any atom is -0.368 e. The fourth-order valence-electron chi connectivity index (χ4n) is 3.62. The maximum absolute atomic E-state index is 13.0. The van der Waals surface area contributed by atoms with Crippen LogP contribution in [0.4, 0.5) is 0 Å². The molecule has 6 heteroatoms. The molecule has 1 unspecified atom stereocenters. The van der Waals surface area contributed by atoms with Crippen LogP contribution < -0.4 is 5.32 Å². The lowest BCUT2D eigenvalue weighted by atomic mass is 9.99. The van der Waals surface area contributed by atoms with Crippen LogP contribution in [-0.2, 0) is 4.79 Å². The van der Waals surface area contributed by atoms with E-state index < -0.39 is 0 Å². The Morgan fingerprint density at radius 2 is 1.96 bits per heavy atom. The fourth-order valence-corrected chi connectivity index (χ4v) is 3.62. The van der Waals surface area contributed by atoms with E-state index in [2.05, 4.69) is 40.4 Å². The van der Waals surface area contributed by atoms with Crippen molar-refractivity contribution in [1.82, 2.24) is 24.7 Å². The lowest BCUT2D eigenvalue weighted by Gasteiger charge is -2.34. The van der Waals surface area contributed by atoms with Gasteiger partial charge in [-0.25, -0.2) is 4.98 Å². The van der Waals surface area contributed by atoms with Crippen LogP contribution in [0.15, 0.2) is 54.4 Å². The molecule has 136 valence electrons. The molecule has 0 saturated carbocycles. The number of aromatic nitrogens is 2. The smallest absolute Gasteiger partial charge is 0.256 e. The number of imidazole rings is 1. The first-order valence-corrected chi connectivity index (χ1v) is 9.23. The lowest BCUT2D eigenvalue weighted by Crippen LogP contribution is -2.43. The molecule has 0 aliphatic carbocycles. The monoisotopic (exact) mass is 351 g/mol. The first-order valence-electron chi connectivity index (χ1n) is 9.23. The first kappa shape index (κ1) is 16.8. The van der Waals surface area contributed by atoms with Crippen molar-refractivity contribution in [3.8, 4) is 0 Å². The van der Waals surface area contributed by atoms with Gasteiger partial charge in [0, 0.05) is 62.0 Å². The average Bonchev–Trinajstić information content (AvgIpc) is 3.09. The van der Waals surface area contributed by atoms with Gasteiger partial charge < -0.3 is 14.8 Å². The van der Waals surface area contributed by atoms with Crippen molar-refractivity contribution < 1.29 is 4.79 Å². The Morgan fingerprint density at radius 1 is 1.19 bits per heavy atom. The second-order valence-electron chi connectivity index (χ2n) is 7.09. The highest BCUT2D eigenvalue weighted by Gasteiger charge is 2.24. The average molecular weight is 351 g/mol. The summed E-state index contributed by atoms with van der Waals surface area (Å²) >= 11 is 0. The number of nitrogens with zero attached hydrogens (tertiary/aromatic N) is 4. The van der Waals surface area contributed by atoms with E-state index in [9.17, 15) is 4.79 Å². The predicted octanol–water partition coefficient (Wildman–Crippen LogP) is 2.10. The maximum Gasteiger partial charge on any atom is 0.256 e. The van der Waals surface area contributed by atoms with Gasteiger partial charge in [-0.2, -0.15) is 0 Å². The number of fused-ring (bicyclic) bond motifs is 1. The Bertz CT molecular complexity index is 823. The van der Waals surface area contributed by atoms with E-state index in [1.165, 1.54) is 0 Å². The predicted molar refractivity (Wildman–Crippen MR) is 102 cm³/mol. The number of piperazine rings is 1. The van der Waals surface area contributed by atoms with Crippen molar-refractivity contribution in [2.45, 2.75) is 20.3 Å². The summed E-state index contributed by atoms with van der Waals surface area (Å²) < 4.78 is 1.97. The molecule has 3 aliphatic heterocycles. The second kappa shape index (κ2) is 6.96. The van der Waals surface area contributed by atoms with Crippen LogP contribution in [0.25, 0.3) is 5.70 Å². The van der Waals surface area contributed by atoms with Crippen LogP contribution in [0.2, 0.25) is 0 Å². The van der Waals surface area contributed by atoms with E-state index >= 15 is 0 Å². The quantitative estimate of drug-likeness (QED) is 0.887. The van der Waals surface area contributed by atoms with Crippen molar-refractivity contribution in [2.75, 3.05) is 26.2 Å². The molecule has 3 aliphatic rings. The molecule has 1 amide bonds. The van der Waals surface area contributed by atoms with Crippen LogP contribution in [0.1, 0.15) is 19.0 Å². The zero-order valence-electron chi connectivity index (χ0n) is 15.4. The van der Waals surface area contributed by atoms with Crippen molar-refractivity contribution in [1.29, 1.82) is 0 Å². The van der Waals surface area contributed by atoms with Crippen molar-refractivity contribution >= 4 is 11.6 Å². The summed E-state index contributed by atoms with van der Waals surface area (Å²) in [5, 5.41) is 3.36. The number of aryl methyl sites for hydroxylation is 1. The highest BCUT2D eigenvalue weighted by molar-refractivity contribution is 5.95. The minimum absolute atomic E-state index is 0.0128. The minimum atomic E-state index is -0.0128. The number of amides is 1. The zero-order valence-corrected chi connectivity index (χ0v) is 15.4. The van der Waals surface area contributed by atoms with Crippen LogP contribution in [0.3, 0.4) is 0 Å². The van der Waals surface area contributed by atoms with Crippen LogP contribution in [0, 0.1) is 12.8 Å². The normalized spacial score (nSPS) is 27.7. The Kier molecular flexibility index (Phi) is 4.51. The van der Waals surface area contributed by atoms with E-state index in [1.54, 1.807) is 17.3 Å². The van der Waals surface area contributed by atoms with E-state index in [0.29, 0.717) is 0 Å². The Morgan fingerprint density at radius 3 is 2.69 bits per heavy atom. The number of carbonyl (C=O) groups is 1. The zero-order chi connectivity index (χ0) is 18.1. The van der Waals surface area contributed by atoms with Gasteiger partial charge in [-0.05, 0) is 25.5 Å². The molecule has 1 saturated heterocycles. The number of carbonyl (C=O) groups excluding carboxylic acids is 1. The molecule has 0 bridgehead atoms. The topological polar surface area (TPSA) is 53.4 Å². The van der Waals surface area contributed by atoms with E-state index in [-0.39, 0.29) is 11.8 Å². The Balaban J connectivity index is 1.65. The number of nitrogens with one attached hydrogen (secondary N) is 1.